The first-order chi connectivity index (χ1) is 6.50. The van der Waals surface area contributed by atoms with Crippen molar-refractivity contribution in [3.8, 4) is 0 Å². The zero-order chi connectivity index (χ0) is 10.3. The summed E-state index contributed by atoms with van der Waals surface area (Å²) < 4.78 is 0. The van der Waals surface area contributed by atoms with Gasteiger partial charge in [0.15, 0.2) is 0 Å². The number of hydrogen-bond acceptors (Lipinski definition) is 2. The molecule has 0 spiro atoms. The molecule has 3 nitrogen and oxygen atoms in total. The van der Waals surface area contributed by atoms with Gasteiger partial charge in [0.05, 0.1) is 0 Å². The highest BCUT2D eigenvalue weighted by molar-refractivity contribution is 5.81. The van der Waals surface area contributed by atoms with E-state index < -0.39 is 0 Å². The van der Waals surface area contributed by atoms with Crippen LogP contribution in [0.4, 0.5) is 0 Å². The molecule has 0 radical (unpaired) electrons. The van der Waals surface area contributed by atoms with Crippen LogP contribution in [0.5, 0.6) is 0 Å². The minimum absolute atomic E-state index is 0.0861. The summed E-state index contributed by atoms with van der Waals surface area (Å²) >= 11 is 0. The summed E-state index contributed by atoms with van der Waals surface area (Å²) in [7, 11) is 0. The zero-order valence-electron chi connectivity index (χ0n) is 9.12. The standard InChI is InChI=1S/C11H20N2O/c1-11(2)7-13(6-5-9(11)12)10(14)8-3-4-8/h8-9H,3-7,12H2,1-2H3. The Balaban J connectivity index is 1.98. The lowest BCUT2D eigenvalue weighted by atomic mass is 9.79. The Morgan fingerprint density at radius 1 is 1.36 bits per heavy atom. The molecule has 1 aliphatic carbocycles. The average molecular weight is 196 g/mol. The molecule has 0 aromatic heterocycles. The van der Waals surface area contributed by atoms with Crippen LogP contribution in [-0.2, 0) is 4.79 Å². The van der Waals surface area contributed by atoms with Crippen LogP contribution in [0.2, 0.25) is 0 Å². The van der Waals surface area contributed by atoms with E-state index in [0.717, 1.165) is 32.4 Å². The number of carbonyl (C=O) groups excluding carboxylic acids is 1. The van der Waals surface area contributed by atoms with Crippen molar-refractivity contribution in [3.05, 3.63) is 0 Å². The highest BCUT2D eigenvalue weighted by Gasteiger charge is 2.39. The Kier molecular flexibility index (Phi) is 2.30. The maximum absolute atomic E-state index is 11.8. The van der Waals surface area contributed by atoms with E-state index in [-0.39, 0.29) is 11.5 Å². The third kappa shape index (κ3) is 1.78. The van der Waals surface area contributed by atoms with Crippen molar-refractivity contribution in [1.82, 2.24) is 4.90 Å². The molecular weight excluding hydrogens is 176 g/mol. The third-order valence-corrected chi connectivity index (χ3v) is 3.55. The van der Waals surface area contributed by atoms with Crippen LogP contribution in [0.15, 0.2) is 0 Å². The van der Waals surface area contributed by atoms with Crippen LogP contribution < -0.4 is 5.73 Å². The predicted molar refractivity (Wildman–Crippen MR) is 55.7 cm³/mol. The summed E-state index contributed by atoms with van der Waals surface area (Å²) in [5, 5.41) is 0. The number of piperidine rings is 1. The molecule has 0 aromatic rings. The number of carbonyl (C=O) groups is 1. The SMILES string of the molecule is CC1(C)CN(C(=O)C2CC2)CCC1N. The van der Waals surface area contributed by atoms with Gasteiger partial charge in [-0.05, 0) is 24.7 Å². The lowest BCUT2D eigenvalue weighted by Gasteiger charge is -2.42. The number of likely N-dealkylation sites (tertiary alicyclic amines) is 1. The van der Waals surface area contributed by atoms with Crippen LogP contribution in [0.1, 0.15) is 33.1 Å². The van der Waals surface area contributed by atoms with Gasteiger partial charge in [-0.1, -0.05) is 13.8 Å². The van der Waals surface area contributed by atoms with E-state index in [1.165, 1.54) is 0 Å². The first-order valence-electron chi connectivity index (χ1n) is 5.55. The fraction of sp³-hybridized carbons (Fsp3) is 0.909. The minimum Gasteiger partial charge on any atom is -0.342 e. The van der Waals surface area contributed by atoms with E-state index in [1.807, 2.05) is 4.90 Å². The summed E-state index contributed by atoms with van der Waals surface area (Å²) in [4.78, 5) is 13.9. The van der Waals surface area contributed by atoms with Crippen LogP contribution in [0.3, 0.4) is 0 Å². The first-order valence-corrected chi connectivity index (χ1v) is 5.55. The molecule has 80 valence electrons. The number of amides is 1. The lowest BCUT2D eigenvalue weighted by Crippen LogP contribution is -2.54. The Labute approximate surface area is 85.6 Å². The Hall–Kier alpha value is -0.570. The molecule has 1 amide bonds. The van der Waals surface area contributed by atoms with Crippen molar-refractivity contribution in [1.29, 1.82) is 0 Å². The van der Waals surface area contributed by atoms with Gasteiger partial charge in [0.2, 0.25) is 5.91 Å². The maximum atomic E-state index is 11.8. The summed E-state index contributed by atoms with van der Waals surface area (Å²) in [6, 6.07) is 0.241. The van der Waals surface area contributed by atoms with Gasteiger partial charge in [-0.15, -0.1) is 0 Å². The smallest absolute Gasteiger partial charge is 0.225 e. The first kappa shape index (κ1) is 9.97. The highest BCUT2D eigenvalue weighted by Crippen LogP contribution is 2.34. The predicted octanol–water partition coefficient (Wildman–Crippen LogP) is 0.982. The molecule has 0 aromatic carbocycles. The topological polar surface area (TPSA) is 46.3 Å². The summed E-state index contributed by atoms with van der Waals surface area (Å²) in [5.74, 6) is 0.713. The fourth-order valence-electron chi connectivity index (χ4n) is 2.15. The molecule has 14 heavy (non-hydrogen) atoms. The molecule has 1 atom stereocenters. The molecule has 0 bridgehead atoms. The maximum Gasteiger partial charge on any atom is 0.225 e. The lowest BCUT2D eigenvalue weighted by molar-refractivity contribution is -0.136. The van der Waals surface area contributed by atoms with Gasteiger partial charge in [0, 0.05) is 25.0 Å². The largest absolute Gasteiger partial charge is 0.342 e. The van der Waals surface area contributed by atoms with Crippen molar-refractivity contribution in [2.24, 2.45) is 17.1 Å². The highest BCUT2D eigenvalue weighted by atomic mass is 16.2. The van der Waals surface area contributed by atoms with Gasteiger partial charge in [0.25, 0.3) is 0 Å². The molecule has 1 saturated heterocycles. The summed E-state index contributed by atoms with van der Waals surface area (Å²) in [6.45, 7) is 6.01. The third-order valence-electron chi connectivity index (χ3n) is 3.55. The van der Waals surface area contributed by atoms with E-state index in [0.29, 0.717) is 11.8 Å². The molecule has 2 aliphatic rings. The minimum atomic E-state index is 0.0861. The van der Waals surface area contributed by atoms with Gasteiger partial charge >= 0.3 is 0 Å². The van der Waals surface area contributed by atoms with E-state index in [4.69, 9.17) is 5.73 Å². The van der Waals surface area contributed by atoms with Crippen LogP contribution >= 0.6 is 0 Å². The Morgan fingerprint density at radius 3 is 2.50 bits per heavy atom. The number of hydrogen-bond donors (Lipinski definition) is 1. The number of nitrogens with two attached hydrogens (primary N) is 1. The van der Waals surface area contributed by atoms with Gasteiger partial charge in [-0.2, -0.15) is 0 Å². The molecule has 3 heteroatoms. The van der Waals surface area contributed by atoms with E-state index >= 15 is 0 Å². The Bertz CT molecular complexity index is 246. The van der Waals surface area contributed by atoms with Gasteiger partial charge in [-0.3, -0.25) is 4.79 Å². The molecule has 2 N–H and O–H groups in total. The van der Waals surface area contributed by atoms with Crippen molar-refractivity contribution in [2.45, 2.75) is 39.2 Å². The fourth-order valence-corrected chi connectivity index (χ4v) is 2.15. The molecular formula is C11H20N2O. The normalized spacial score (nSPS) is 31.6. The van der Waals surface area contributed by atoms with E-state index in [1.54, 1.807) is 0 Å². The second kappa shape index (κ2) is 3.23. The second-order valence-electron chi connectivity index (χ2n) is 5.42. The van der Waals surface area contributed by atoms with Crippen molar-refractivity contribution in [2.75, 3.05) is 13.1 Å². The van der Waals surface area contributed by atoms with Gasteiger partial charge in [-0.25, -0.2) is 0 Å². The van der Waals surface area contributed by atoms with E-state index in [2.05, 4.69) is 13.8 Å². The van der Waals surface area contributed by atoms with Crippen molar-refractivity contribution >= 4 is 5.91 Å². The van der Waals surface area contributed by atoms with Crippen molar-refractivity contribution in [3.63, 3.8) is 0 Å². The number of rotatable bonds is 1. The summed E-state index contributed by atoms with van der Waals surface area (Å²) in [5.41, 5.74) is 6.11. The molecule has 2 rings (SSSR count). The van der Waals surface area contributed by atoms with Crippen molar-refractivity contribution < 1.29 is 4.79 Å². The van der Waals surface area contributed by atoms with Gasteiger partial charge < -0.3 is 10.6 Å². The Morgan fingerprint density at radius 2 is 2.00 bits per heavy atom. The molecule has 1 saturated carbocycles. The van der Waals surface area contributed by atoms with E-state index in [9.17, 15) is 4.79 Å². The zero-order valence-corrected chi connectivity index (χ0v) is 9.12. The second-order valence-corrected chi connectivity index (χ2v) is 5.42. The summed E-state index contributed by atoms with van der Waals surface area (Å²) in [6.07, 6.45) is 3.15. The molecule has 1 aliphatic heterocycles. The molecule has 2 fully saturated rings. The van der Waals surface area contributed by atoms with Crippen LogP contribution in [0, 0.1) is 11.3 Å². The van der Waals surface area contributed by atoms with Gasteiger partial charge in [0.1, 0.15) is 0 Å². The monoisotopic (exact) mass is 196 g/mol. The quantitative estimate of drug-likeness (QED) is 0.679. The average Bonchev–Trinajstić information content (AvgIpc) is 2.91. The number of nitrogens with zero attached hydrogens (tertiary/aromatic N) is 1. The molecule has 1 heterocycles. The van der Waals surface area contributed by atoms with Crippen LogP contribution in [0.25, 0.3) is 0 Å². The molecule has 1 unspecified atom stereocenters. The van der Waals surface area contributed by atoms with Crippen LogP contribution in [-0.4, -0.2) is 29.9 Å².